The summed E-state index contributed by atoms with van der Waals surface area (Å²) in [5.74, 6) is -0.793. The number of anilines is 2. The van der Waals surface area contributed by atoms with Gasteiger partial charge in [0.15, 0.2) is 0 Å². The highest BCUT2D eigenvalue weighted by Crippen LogP contribution is 2.28. The predicted molar refractivity (Wildman–Crippen MR) is 119 cm³/mol. The molecule has 0 radical (unpaired) electrons. The molecular weight excluding hydrogens is 435 g/mol. The molecule has 1 aromatic carbocycles. The first-order valence-electron chi connectivity index (χ1n) is 10.6. The number of cyclic esters (lactones) is 1. The van der Waals surface area contributed by atoms with Crippen molar-refractivity contribution >= 4 is 29.4 Å². The molecule has 0 saturated carbocycles. The second-order valence-electron chi connectivity index (χ2n) is 8.64. The first-order valence-corrected chi connectivity index (χ1v) is 10.6. The summed E-state index contributed by atoms with van der Waals surface area (Å²) in [7, 11) is 0. The number of amides is 2. The van der Waals surface area contributed by atoms with Gasteiger partial charge in [-0.1, -0.05) is 0 Å². The van der Waals surface area contributed by atoms with Crippen molar-refractivity contribution in [2.45, 2.75) is 32.5 Å². The smallest absolute Gasteiger partial charge is 0.416 e. The van der Waals surface area contributed by atoms with E-state index in [0.717, 1.165) is 11.0 Å². The summed E-state index contributed by atoms with van der Waals surface area (Å²) in [6, 6.07) is 4.53. The minimum absolute atomic E-state index is 0.0462. The van der Waals surface area contributed by atoms with E-state index in [2.05, 4.69) is 0 Å². The van der Waals surface area contributed by atoms with Crippen LogP contribution < -0.4 is 9.80 Å². The number of hydrogen-bond acceptors (Lipinski definition) is 8. The molecule has 1 aromatic rings. The largest absolute Gasteiger partial charge is 0.515 e. The molecule has 0 aromatic heterocycles. The fraction of sp³-hybridized carbons (Fsp3) is 0.500. The second-order valence-corrected chi connectivity index (χ2v) is 8.64. The van der Waals surface area contributed by atoms with Crippen LogP contribution in [0.15, 0.2) is 30.5 Å². The van der Waals surface area contributed by atoms with Gasteiger partial charge in [0, 0.05) is 19.2 Å². The Labute approximate surface area is 191 Å². The van der Waals surface area contributed by atoms with Crippen LogP contribution in [-0.4, -0.2) is 79.1 Å². The summed E-state index contributed by atoms with van der Waals surface area (Å²) in [5, 5.41) is 17.0. The molecule has 10 nitrogen and oxygen atoms in total. The third kappa shape index (κ3) is 6.13. The van der Waals surface area contributed by atoms with E-state index in [1.165, 1.54) is 11.0 Å². The molecule has 0 spiro atoms. The Morgan fingerprint density at radius 3 is 2.67 bits per heavy atom. The Morgan fingerprint density at radius 1 is 1.36 bits per heavy atom. The number of halogens is 1. The minimum Gasteiger partial charge on any atom is -0.515 e. The Kier molecular flexibility index (Phi) is 7.42. The lowest BCUT2D eigenvalue weighted by molar-refractivity contribution is 0.0307. The summed E-state index contributed by atoms with van der Waals surface area (Å²) >= 11 is 0. The van der Waals surface area contributed by atoms with Crippen LogP contribution in [0, 0.1) is 11.2 Å². The molecule has 0 bridgehead atoms. The van der Waals surface area contributed by atoms with Gasteiger partial charge in [0.1, 0.15) is 23.4 Å². The maximum absolute atomic E-state index is 14.8. The van der Waals surface area contributed by atoms with Crippen molar-refractivity contribution in [3.63, 3.8) is 0 Å². The van der Waals surface area contributed by atoms with Crippen LogP contribution in [0.4, 0.5) is 25.4 Å². The molecule has 2 N–H and O–H groups in total. The quantitative estimate of drug-likeness (QED) is 0.390. The molecule has 2 fully saturated rings. The zero-order valence-corrected chi connectivity index (χ0v) is 18.9. The molecule has 33 heavy (non-hydrogen) atoms. The highest BCUT2D eigenvalue weighted by molar-refractivity contribution is 6.00. The van der Waals surface area contributed by atoms with Crippen molar-refractivity contribution in [1.29, 1.82) is 5.41 Å². The fourth-order valence-electron chi connectivity index (χ4n) is 3.50. The third-order valence-corrected chi connectivity index (χ3v) is 4.99. The Bertz CT molecular complexity index is 926. The van der Waals surface area contributed by atoms with Crippen LogP contribution in [-0.2, 0) is 14.2 Å². The van der Waals surface area contributed by atoms with Crippen LogP contribution in [0.3, 0.4) is 0 Å². The predicted octanol–water partition coefficient (Wildman–Crippen LogP) is 3.27. The number of rotatable bonds is 5. The second kappa shape index (κ2) is 10.1. The van der Waals surface area contributed by atoms with Gasteiger partial charge in [-0.3, -0.25) is 15.2 Å². The van der Waals surface area contributed by atoms with E-state index in [1.807, 2.05) is 4.90 Å². The van der Waals surface area contributed by atoms with Gasteiger partial charge in [0.25, 0.3) is 0 Å². The third-order valence-electron chi connectivity index (χ3n) is 4.99. The lowest BCUT2D eigenvalue weighted by Gasteiger charge is -2.29. The summed E-state index contributed by atoms with van der Waals surface area (Å²) < 4.78 is 30.8. The molecule has 0 unspecified atom stereocenters. The van der Waals surface area contributed by atoms with Gasteiger partial charge in [-0.2, -0.15) is 0 Å². The lowest BCUT2D eigenvalue weighted by Crippen LogP contribution is -2.44. The van der Waals surface area contributed by atoms with E-state index >= 15 is 0 Å². The van der Waals surface area contributed by atoms with Crippen LogP contribution >= 0.6 is 0 Å². The van der Waals surface area contributed by atoms with Gasteiger partial charge in [0.05, 0.1) is 43.9 Å². The number of nitrogens with zero attached hydrogens (tertiary/aromatic N) is 3. The Balaban J connectivity index is 1.72. The van der Waals surface area contributed by atoms with E-state index in [0.29, 0.717) is 43.9 Å². The topological polar surface area (TPSA) is 116 Å². The van der Waals surface area contributed by atoms with Crippen LogP contribution in [0.5, 0.6) is 0 Å². The minimum atomic E-state index is -0.819. The number of benzene rings is 1. The van der Waals surface area contributed by atoms with Gasteiger partial charge in [-0.25, -0.2) is 14.0 Å². The number of hydrogen-bond donors (Lipinski definition) is 2. The van der Waals surface area contributed by atoms with Crippen molar-refractivity contribution in [1.82, 2.24) is 4.90 Å². The number of aliphatic hydroxyl groups excluding tert-OH is 1. The zero-order valence-electron chi connectivity index (χ0n) is 18.9. The first-order chi connectivity index (χ1) is 15.6. The number of carbonyl (C=O) groups excluding carboxylic acids is 2. The number of amidine groups is 1. The van der Waals surface area contributed by atoms with Gasteiger partial charge in [-0.05, 0) is 39.0 Å². The Morgan fingerprint density at radius 2 is 2.06 bits per heavy atom. The van der Waals surface area contributed by atoms with Gasteiger partial charge < -0.3 is 24.2 Å². The molecule has 2 heterocycles. The van der Waals surface area contributed by atoms with E-state index < -0.39 is 29.7 Å². The maximum atomic E-state index is 14.8. The van der Waals surface area contributed by atoms with E-state index in [9.17, 15) is 14.0 Å². The first kappa shape index (κ1) is 24.3. The summed E-state index contributed by atoms with van der Waals surface area (Å²) in [6.45, 7) is 7.13. The number of aliphatic hydroxyl groups is 1. The summed E-state index contributed by atoms with van der Waals surface area (Å²) in [4.78, 5) is 29.1. The number of nitrogens with one attached hydrogen (secondary N) is 1. The van der Waals surface area contributed by atoms with E-state index in [1.54, 1.807) is 32.9 Å². The highest BCUT2D eigenvalue weighted by atomic mass is 19.1. The SMILES string of the molecule is CC(C)(C)OC(=O)N(C[C@H]1CN(c2ccc(N3CCOCC3)c(F)c2)C(=O)O1)C(=N)/C=C\O. The molecule has 1 atom stereocenters. The molecule has 3 rings (SSSR count). The Hall–Kier alpha value is -3.34. The van der Waals surface area contributed by atoms with Crippen LogP contribution in [0.25, 0.3) is 0 Å². The summed E-state index contributed by atoms with van der Waals surface area (Å²) in [5.41, 5.74) is -0.0471. The zero-order chi connectivity index (χ0) is 24.2. The molecule has 11 heteroatoms. The van der Waals surface area contributed by atoms with Crippen molar-refractivity contribution in [2.75, 3.05) is 49.2 Å². The highest BCUT2D eigenvalue weighted by Gasteiger charge is 2.36. The molecule has 2 aliphatic rings. The molecule has 2 aliphatic heterocycles. The summed E-state index contributed by atoms with van der Waals surface area (Å²) in [6.07, 6.45) is -0.656. The van der Waals surface area contributed by atoms with Crippen molar-refractivity contribution < 1.29 is 33.3 Å². The normalized spacial score (nSPS) is 19.0. The van der Waals surface area contributed by atoms with Gasteiger partial charge in [0.2, 0.25) is 0 Å². The monoisotopic (exact) mass is 464 g/mol. The van der Waals surface area contributed by atoms with Crippen molar-refractivity contribution in [3.05, 3.63) is 36.4 Å². The van der Waals surface area contributed by atoms with Crippen molar-refractivity contribution in [3.8, 4) is 0 Å². The molecular formula is C22H29FN4O6. The molecule has 2 saturated heterocycles. The standard InChI is InChI=1S/C22H29FN4O6/c1-22(2,3)33-21(30)27(19(24)6-9-28)14-16-13-26(20(29)32-16)15-4-5-18(17(23)12-15)25-7-10-31-11-8-25/h4-6,9,12,16,24,28H,7-8,10-11,13-14H2,1-3H3/b9-6-,24-19?/t16-/m1/s1. The number of ether oxygens (including phenoxy) is 3. The average molecular weight is 464 g/mol. The maximum Gasteiger partial charge on any atom is 0.416 e. The van der Waals surface area contributed by atoms with Crippen LogP contribution in [0.2, 0.25) is 0 Å². The van der Waals surface area contributed by atoms with E-state index in [-0.39, 0.29) is 18.9 Å². The molecule has 0 aliphatic carbocycles. The van der Waals surface area contributed by atoms with Crippen molar-refractivity contribution in [2.24, 2.45) is 0 Å². The van der Waals surface area contributed by atoms with Gasteiger partial charge in [-0.15, -0.1) is 0 Å². The molecule has 2 amide bonds. The van der Waals surface area contributed by atoms with E-state index in [4.69, 9.17) is 24.7 Å². The number of morpholine rings is 1. The number of carbonyl (C=O) groups is 2. The van der Waals surface area contributed by atoms with Crippen LogP contribution in [0.1, 0.15) is 20.8 Å². The fourth-order valence-corrected chi connectivity index (χ4v) is 3.50. The average Bonchev–Trinajstić information content (AvgIpc) is 3.11. The molecule has 180 valence electrons. The lowest BCUT2D eigenvalue weighted by atomic mass is 10.2. The van der Waals surface area contributed by atoms with Gasteiger partial charge >= 0.3 is 12.2 Å².